The maximum absolute atomic E-state index is 5.39. The van der Waals surface area contributed by atoms with E-state index in [1.165, 1.54) is 0 Å². The minimum absolute atomic E-state index is 0.703. The van der Waals surface area contributed by atoms with E-state index in [4.69, 9.17) is 9.26 Å². The summed E-state index contributed by atoms with van der Waals surface area (Å²) in [7, 11) is 1.69. The standard InChI is InChI=1S/C12H16N2O2S/c1-9-10(8-13-5-6-15-2)14-16-12(9)11-4-3-7-17-11/h3-4,7,13H,5-6,8H2,1-2H3. The van der Waals surface area contributed by atoms with Gasteiger partial charge in [0, 0.05) is 25.8 Å². The number of nitrogens with zero attached hydrogens (tertiary/aromatic N) is 1. The highest BCUT2D eigenvalue weighted by Gasteiger charge is 2.13. The third-order valence-corrected chi connectivity index (χ3v) is 3.41. The number of thiophene rings is 1. The number of aromatic nitrogens is 1. The zero-order chi connectivity index (χ0) is 12.1. The Balaban J connectivity index is 2.01. The van der Waals surface area contributed by atoms with Gasteiger partial charge in [0.15, 0.2) is 5.76 Å². The zero-order valence-electron chi connectivity index (χ0n) is 10.0. The van der Waals surface area contributed by atoms with E-state index in [0.29, 0.717) is 13.2 Å². The van der Waals surface area contributed by atoms with Crippen molar-refractivity contribution in [3.8, 4) is 10.6 Å². The van der Waals surface area contributed by atoms with Crippen molar-refractivity contribution >= 4 is 11.3 Å². The molecule has 0 spiro atoms. The van der Waals surface area contributed by atoms with E-state index in [0.717, 1.165) is 28.4 Å². The molecule has 0 radical (unpaired) electrons. The van der Waals surface area contributed by atoms with Crippen LogP contribution in [-0.4, -0.2) is 25.4 Å². The second kappa shape index (κ2) is 5.95. The van der Waals surface area contributed by atoms with Crippen LogP contribution in [-0.2, 0) is 11.3 Å². The highest BCUT2D eigenvalue weighted by molar-refractivity contribution is 7.13. The quantitative estimate of drug-likeness (QED) is 0.802. The van der Waals surface area contributed by atoms with Gasteiger partial charge in [-0.1, -0.05) is 11.2 Å². The van der Waals surface area contributed by atoms with E-state index in [1.54, 1.807) is 18.4 Å². The van der Waals surface area contributed by atoms with Crippen LogP contribution in [0.1, 0.15) is 11.3 Å². The molecule has 0 fully saturated rings. The van der Waals surface area contributed by atoms with Crippen molar-refractivity contribution in [2.45, 2.75) is 13.5 Å². The molecule has 1 N–H and O–H groups in total. The van der Waals surface area contributed by atoms with Crippen LogP contribution in [0.2, 0.25) is 0 Å². The first-order valence-electron chi connectivity index (χ1n) is 5.51. The molecule has 0 bridgehead atoms. The van der Waals surface area contributed by atoms with Gasteiger partial charge in [0.25, 0.3) is 0 Å². The van der Waals surface area contributed by atoms with Crippen LogP contribution in [0, 0.1) is 6.92 Å². The first kappa shape index (κ1) is 12.3. The number of ether oxygens (including phenoxy) is 1. The largest absolute Gasteiger partial charge is 0.383 e. The smallest absolute Gasteiger partial charge is 0.179 e. The Kier molecular flexibility index (Phi) is 4.30. The Labute approximate surface area is 105 Å². The lowest BCUT2D eigenvalue weighted by molar-refractivity contribution is 0.199. The topological polar surface area (TPSA) is 47.3 Å². The second-order valence-corrected chi connectivity index (χ2v) is 4.68. The summed E-state index contributed by atoms with van der Waals surface area (Å²) < 4.78 is 10.4. The van der Waals surface area contributed by atoms with Crippen molar-refractivity contribution in [2.75, 3.05) is 20.3 Å². The summed E-state index contributed by atoms with van der Waals surface area (Å²) in [6.07, 6.45) is 0. The Hall–Kier alpha value is -1.17. The lowest BCUT2D eigenvalue weighted by Crippen LogP contribution is -2.19. The molecular weight excluding hydrogens is 236 g/mol. The van der Waals surface area contributed by atoms with Gasteiger partial charge in [0.05, 0.1) is 11.5 Å². The van der Waals surface area contributed by atoms with E-state index in [-0.39, 0.29) is 0 Å². The molecule has 0 amide bonds. The van der Waals surface area contributed by atoms with Gasteiger partial charge in [-0.3, -0.25) is 0 Å². The molecule has 0 saturated heterocycles. The van der Waals surface area contributed by atoms with Gasteiger partial charge in [-0.25, -0.2) is 0 Å². The van der Waals surface area contributed by atoms with Crippen LogP contribution in [0.3, 0.4) is 0 Å². The SMILES string of the molecule is COCCNCc1noc(-c2cccs2)c1C. The molecule has 0 aliphatic rings. The minimum atomic E-state index is 0.703. The summed E-state index contributed by atoms with van der Waals surface area (Å²) in [5, 5.41) is 9.39. The fourth-order valence-corrected chi connectivity index (χ4v) is 2.31. The Morgan fingerprint density at radius 3 is 3.12 bits per heavy atom. The molecular formula is C12H16N2O2S. The third-order valence-electron chi connectivity index (χ3n) is 2.54. The van der Waals surface area contributed by atoms with Gasteiger partial charge in [0.1, 0.15) is 5.69 Å². The molecule has 0 atom stereocenters. The van der Waals surface area contributed by atoms with Crippen LogP contribution >= 0.6 is 11.3 Å². The molecule has 0 aromatic carbocycles. The van der Waals surface area contributed by atoms with Crippen molar-refractivity contribution in [3.05, 3.63) is 28.8 Å². The molecule has 5 heteroatoms. The summed E-state index contributed by atoms with van der Waals surface area (Å²) in [5.74, 6) is 0.878. The second-order valence-electron chi connectivity index (χ2n) is 3.73. The first-order chi connectivity index (χ1) is 8.33. The van der Waals surface area contributed by atoms with Crippen molar-refractivity contribution in [3.63, 3.8) is 0 Å². The number of hydrogen-bond donors (Lipinski definition) is 1. The summed E-state index contributed by atoms with van der Waals surface area (Å²) in [5.41, 5.74) is 2.07. The predicted molar refractivity (Wildman–Crippen MR) is 68.1 cm³/mol. The van der Waals surface area contributed by atoms with E-state index < -0.39 is 0 Å². The van der Waals surface area contributed by atoms with Crippen LogP contribution < -0.4 is 5.32 Å². The fraction of sp³-hybridized carbons (Fsp3) is 0.417. The van der Waals surface area contributed by atoms with Crippen molar-refractivity contribution < 1.29 is 9.26 Å². The maximum Gasteiger partial charge on any atom is 0.179 e. The lowest BCUT2D eigenvalue weighted by atomic mass is 10.2. The summed E-state index contributed by atoms with van der Waals surface area (Å²) >= 11 is 1.66. The number of rotatable bonds is 6. The van der Waals surface area contributed by atoms with Crippen molar-refractivity contribution in [1.29, 1.82) is 0 Å². The van der Waals surface area contributed by atoms with Gasteiger partial charge in [-0.05, 0) is 18.4 Å². The highest BCUT2D eigenvalue weighted by atomic mass is 32.1. The molecule has 17 heavy (non-hydrogen) atoms. The predicted octanol–water partition coefficient (Wildman–Crippen LogP) is 2.45. The average Bonchev–Trinajstić information content (AvgIpc) is 2.95. The molecule has 0 saturated carbocycles. The molecule has 92 valence electrons. The van der Waals surface area contributed by atoms with Gasteiger partial charge in [-0.15, -0.1) is 11.3 Å². The van der Waals surface area contributed by atoms with E-state index in [1.807, 2.05) is 24.4 Å². The fourth-order valence-electron chi connectivity index (χ4n) is 1.55. The number of nitrogens with one attached hydrogen (secondary N) is 1. The minimum Gasteiger partial charge on any atom is -0.383 e. The third kappa shape index (κ3) is 2.94. The first-order valence-corrected chi connectivity index (χ1v) is 6.39. The van der Waals surface area contributed by atoms with E-state index >= 15 is 0 Å². The van der Waals surface area contributed by atoms with Crippen molar-refractivity contribution in [1.82, 2.24) is 10.5 Å². The molecule has 0 aliphatic heterocycles. The maximum atomic E-state index is 5.39. The van der Waals surface area contributed by atoms with Gasteiger partial charge in [-0.2, -0.15) is 0 Å². The van der Waals surface area contributed by atoms with E-state index in [2.05, 4.69) is 10.5 Å². The van der Waals surface area contributed by atoms with E-state index in [9.17, 15) is 0 Å². The molecule has 0 aliphatic carbocycles. The Morgan fingerprint density at radius 1 is 1.53 bits per heavy atom. The monoisotopic (exact) mass is 252 g/mol. The Morgan fingerprint density at radius 2 is 2.41 bits per heavy atom. The molecule has 2 aromatic heterocycles. The van der Waals surface area contributed by atoms with Crippen LogP contribution in [0.4, 0.5) is 0 Å². The van der Waals surface area contributed by atoms with Crippen LogP contribution in [0.5, 0.6) is 0 Å². The zero-order valence-corrected chi connectivity index (χ0v) is 10.8. The molecule has 2 rings (SSSR count). The normalized spacial score (nSPS) is 10.9. The van der Waals surface area contributed by atoms with Gasteiger partial charge < -0.3 is 14.6 Å². The molecule has 0 unspecified atom stereocenters. The lowest BCUT2D eigenvalue weighted by Gasteiger charge is -2.01. The average molecular weight is 252 g/mol. The van der Waals surface area contributed by atoms with Crippen LogP contribution in [0.25, 0.3) is 10.6 Å². The number of hydrogen-bond acceptors (Lipinski definition) is 5. The summed E-state index contributed by atoms with van der Waals surface area (Å²) in [6, 6.07) is 4.05. The summed E-state index contributed by atoms with van der Waals surface area (Å²) in [6.45, 7) is 4.27. The van der Waals surface area contributed by atoms with Crippen LogP contribution in [0.15, 0.2) is 22.0 Å². The van der Waals surface area contributed by atoms with Gasteiger partial charge >= 0.3 is 0 Å². The molecule has 2 heterocycles. The Bertz CT molecular complexity index is 451. The molecule has 4 nitrogen and oxygen atoms in total. The summed E-state index contributed by atoms with van der Waals surface area (Å²) in [4.78, 5) is 1.12. The van der Waals surface area contributed by atoms with Crippen molar-refractivity contribution in [2.24, 2.45) is 0 Å². The molecule has 2 aromatic rings. The van der Waals surface area contributed by atoms with Gasteiger partial charge in [0.2, 0.25) is 0 Å². The highest BCUT2D eigenvalue weighted by Crippen LogP contribution is 2.29. The number of methoxy groups -OCH3 is 1.